The van der Waals surface area contributed by atoms with Crippen LogP contribution in [-0.4, -0.2) is 16.4 Å². The fourth-order valence-electron chi connectivity index (χ4n) is 1.32. The Balaban J connectivity index is 2.26. The number of para-hydroxylation sites is 1. The molecule has 2 N–H and O–H groups in total. The molecule has 0 aliphatic carbocycles. The summed E-state index contributed by atoms with van der Waals surface area (Å²) in [5.74, 6) is -0.338. The minimum absolute atomic E-state index is 0.162. The molecule has 0 aliphatic heterocycles. The maximum atomic E-state index is 9.56. The van der Waals surface area contributed by atoms with Crippen molar-refractivity contribution >= 4 is 23.5 Å². The first-order chi connectivity index (χ1) is 8.16. The Hall–Kier alpha value is -2.00. The van der Waals surface area contributed by atoms with E-state index in [0.29, 0.717) is 10.6 Å². The number of phenols is 2. The molecule has 0 amide bonds. The molecule has 2 aromatic rings. The molecule has 2 aromatic carbocycles. The van der Waals surface area contributed by atoms with Crippen LogP contribution in [-0.2, 0) is 0 Å². The molecule has 0 radical (unpaired) electrons. The van der Waals surface area contributed by atoms with Crippen molar-refractivity contribution in [1.29, 1.82) is 0 Å². The molecule has 0 aliphatic rings. The molecule has 4 heteroatoms. The Labute approximate surface area is 104 Å². The van der Waals surface area contributed by atoms with Crippen LogP contribution in [0.3, 0.4) is 0 Å². The smallest absolute Gasteiger partial charge is 0.166 e. The van der Waals surface area contributed by atoms with Crippen molar-refractivity contribution in [2.24, 2.45) is 4.99 Å². The van der Waals surface area contributed by atoms with Crippen LogP contribution < -0.4 is 0 Å². The van der Waals surface area contributed by atoms with Gasteiger partial charge in [0, 0.05) is 16.8 Å². The van der Waals surface area contributed by atoms with Gasteiger partial charge in [-0.1, -0.05) is 17.7 Å². The van der Waals surface area contributed by atoms with Crippen LogP contribution in [0.1, 0.15) is 5.56 Å². The summed E-state index contributed by atoms with van der Waals surface area (Å²) in [6.07, 6.45) is 1.48. The van der Waals surface area contributed by atoms with E-state index in [0.717, 1.165) is 5.69 Å². The van der Waals surface area contributed by atoms with Gasteiger partial charge in [-0.2, -0.15) is 0 Å². The van der Waals surface area contributed by atoms with Gasteiger partial charge in [-0.15, -0.1) is 0 Å². The molecular formula is C13H10ClNO2. The van der Waals surface area contributed by atoms with Gasteiger partial charge in [-0.25, -0.2) is 0 Å². The van der Waals surface area contributed by atoms with E-state index in [1.807, 2.05) is 0 Å². The van der Waals surface area contributed by atoms with Crippen molar-refractivity contribution in [3.63, 3.8) is 0 Å². The number of nitrogens with zero attached hydrogens (tertiary/aromatic N) is 1. The fraction of sp³-hybridized carbons (Fsp3) is 0. The predicted octanol–water partition coefficient (Wildman–Crippen LogP) is 3.50. The van der Waals surface area contributed by atoms with Crippen LogP contribution in [0, 0.1) is 0 Å². The highest BCUT2D eigenvalue weighted by Gasteiger charge is 2.02. The number of phenolic OH excluding ortho intramolecular Hbond substituents is 2. The van der Waals surface area contributed by atoms with Gasteiger partial charge in [0.05, 0.1) is 5.69 Å². The maximum absolute atomic E-state index is 9.56. The van der Waals surface area contributed by atoms with Crippen molar-refractivity contribution in [3.05, 3.63) is 53.1 Å². The summed E-state index contributed by atoms with van der Waals surface area (Å²) < 4.78 is 0. The summed E-state index contributed by atoms with van der Waals surface area (Å²) in [7, 11) is 0. The second kappa shape index (κ2) is 4.89. The fourth-order valence-corrected chi connectivity index (χ4v) is 1.45. The minimum Gasteiger partial charge on any atom is -0.504 e. The predicted molar refractivity (Wildman–Crippen MR) is 68.5 cm³/mol. The molecule has 0 heterocycles. The lowest BCUT2D eigenvalue weighted by atomic mass is 10.2. The molecular weight excluding hydrogens is 238 g/mol. The lowest BCUT2D eigenvalue weighted by Crippen LogP contribution is -1.82. The van der Waals surface area contributed by atoms with Crippen LogP contribution in [0.15, 0.2) is 47.5 Å². The van der Waals surface area contributed by atoms with Crippen LogP contribution >= 0.6 is 11.6 Å². The molecule has 0 aromatic heterocycles. The second-order valence-electron chi connectivity index (χ2n) is 3.45. The first kappa shape index (κ1) is 11.5. The van der Waals surface area contributed by atoms with Gasteiger partial charge < -0.3 is 10.2 Å². The summed E-state index contributed by atoms with van der Waals surface area (Å²) in [6.45, 7) is 0. The molecule has 0 saturated heterocycles. The van der Waals surface area contributed by atoms with Gasteiger partial charge >= 0.3 is 0 Å². The summed E-state index contributed by atoms with van der Waals surface area (Å²) in [5, 5.41) is 19.5. The van der Waals surface area contributed by atoms with Gasteiger partial charge in [0.25, 0.3) is 0 Å². The van der Waals surface area contributed by atoms with Gasteiger partial charge in [0.2, 0.25) is 0 Å². The first-order valence-electron chi connectivity index (χ1n) is 4.97. The van der Waals surface area contributed by atoms with Gasteiger partial charge in [-0.3, -0.25) is 4.99 Å². The summed E-state index contributed by atoms with van der Waals surface area (Å²) in [4.78, 5) is 4.16. The van der Waals surface area contributed by atoms with Crippen molar-refractivity contribution in [2.75, 3.05) is 0 Å². The Bertz CT molecular complexity index is 550. The highest BCUT2D eigenvalue weighted by molar-refractivity contribution is 6.30. The van der Waals surface area contributed by atoms with E-state index in [9.17, 15) is 10.2 Å². The topological polar surface area (TPSA) is 52.8 Å². The zero-order valence-electron chi connectivity index (χ0n) is 8.84. The van der Waals surface area contributed by atoms with Crippen molar-refractivity contribution in [3.8, 4) is 11.5 Å². The lowest BCUT2D eigenvalue weighted by molar-refractivity contribution is 0.403. The quantitative estimate of drug-likeness (QED) is 0.630. The van der Waals surface area contributed by atoms with E-state index >= 15 is 0 Å². The molecule has 0 bridgehead atoms. The van der Waals surface area contributed by atoms with E-state index in [1.54, 1.807) is 36.4 Å². The Morgan fingerprint density at radius 1 is 1.00 bits per heavy atom. The minimum atomic E-state index is -0.176. The molecule has 17 heavy (non-hydrogen) atoms. The Morgan fingerprint density at radius 3 is 2.41 bits per heavy atom. The zero-order chi connectivity index (χ0) is 12.3. The SMILES string of the molecule is Oc1cccc(C=Nc2ccc(Cl)cc2)c1O. The number of aromatic hydroxyl groups is 2. The zero-order valence-corrected chi connectivity index (χ0v) is 9.59. The Kier molecular flexibility index (Phi) is 3.30. The third-order valence-corrected chi connectivity index (χ3v) is 2.48. The van der Waals surface area contributed by atoms with E-state index in [1.165, 1.54) is 12.3 Å². The molecule has 0 unspecified atom stereocenters. The van der Waals surface area contributed by atoms with Gasteiger partial charge in [0.15, 0.2) is 11.5 Å². The van der Waals surface area contributed by atoms with E-state index in [-0.39, 0.29) is 11.5 Å². The number of hydrogen-bond acceptors (Lipinski definition) is 3. The number of benzene rings is 2. The molecule has 0 atom stereocenters. The summed E-state index contributed by atoms with van der Waals surface area (Å²) >= 11 is 5.75. The van der Waals surface area contributed by atoms with Crippen LogP contribution in [0.2, 0.25) is 5.02 Å². The van der Waals surface area contributed by atoms with E-state index < -0.39 is 0 Å². The van der Waals surface area contributed by atoms with Gasteiger partial charge in [-0.05, 0) is 36.4 Å². The van der Waals surface area contributed by atoms with Gasteiger partial charge in [0.1, 0.15) is 0 Å². The van der Waals surface area contributed by atoms with Crippen molar-refractivity contribution in [2.45, 2.75) is 0 Å². The summed E-state index contributed by atoms with van der Waals surface area (Å²) in [5.41, 5.74) is 1.18. The molecule has 0 saturated carbocycles. The third kappa shape index (κ3) is 2.77. The average Bonchev–Trinajstić information content (AvgIpc) is 2.33. The number of aliphatic imine (C=N–C) groups is 1. The van der Waals surface area contributed by atoms with E-state index in [2.05, 4.69) is 4.99 Å². The summed E-state index contributed by atoms with van der Waals surface area (Å²) in [6, 6.07) is 11.7. The largest absolute Gasteiger partial charge is 0.504 e. The number of rotatable bonds is 2. The maximum Gasteiger partial charge on any atom is 0.166 e. The number of hydrogen-bond donors (Lipinski definition) is 2. The highest BCUT2D eigenvalue weighted by Crippen LogP contribution is 2.27. The average molecular weight is 248 g/mol. The molecule has 2 rings (SSSR count). The standard InChI is InChI=1S/C13H10ClNO2/c14-10-4-6-11(7-5-10)15-8-9-2-1-3-12(16)13(9)17/h1-8,16-17H. The number of halogens is 1. The molecule has 0 fully saturated rings. The monoisotopic (exact) mass is 247 g/mol. The Morgan fingerprint density at radius 2 is 1.71 bits per heavy atom. The van der Waals surface area contributed by atoms with E-state index in [4.69, 9.17) is 11.6 Å². The first-order valence-corrected chi connectivity index (χ1v) is 5.35. The second-order valence-corrected chi connectivity index (χ2v) is 3.89. The van der Waals surface area contributed by atoms with Crippen LogP contribution in [0.5, 0.6) is 11.5 Å². The van der Waals surface area contributed by atoms with Crippen molar-refractivity contribution in [1.82, 2.24) is 0 Å². The van der Waals surface area contributed by atoms with Crippen LogP contribution in [0.4, 0.5) is 5.69 Å². The molecule has 86 valence electrons. The lowest BCUT2D eigenvalue weighted by Gasteiger charge is -2.00. The van der Waals surface area contributed by atoms with Crippen molar-refractivity contribution < 1.29 is 10.2 Å². The van der Waals surface area contributed by atoms with Crippen LogP contribution in [0.25, 0.3) is 0 Å². The highest BCUT2D eigenvalue weighted by atomic mass is 35.5. The normalized spacial score (nSPS) is 10.9. The molecule has 0 spiro atoms. The third-order valence-electron chi connectivity index (χ3n) is 2.23. The molecule has 3 nitrogen and oxygen atoms in total.